The van der Waals surface area contributed by atoms with Gasteiger partial charge in [-0.1, -0.05) is 19.1 Å². The second-order valence-corrected chi connectivity index (χ2v) is 4.35. The number of nitrogens with one attached hydrogen (secondary N) is 1. The van der Waals surface area contributed by atoms with E-state index in [0.29, 0.717) is 6.04 Å². The topological polar surface area (TPSA) is 55.9 Å². The molecule has 4 nitrogen and oxygen atoms in total. The number of nitrogen functional groups attached to an aromatic ring is 1. The van der Waals surface area contributed by atoms with E-state index in [4.69, 9.17) is 5.73 Å². The molecule has 1 heterocycles. The first-order chi connectivity index (χ1) is 7.72. The minimum atomic E-state index is 0.481. The maximum absolute atomic E-state index is 6.05. The Kier molecular flexibility index (Phi) is 3.17. The van der Waals surface area contributed by atoms with Crippen LogP contribution < -0.4 is 11.1 Å². The van der Waals surface area contributed by atoms with Gasteiger partial charge in [0, 0.05) is 12.6 Å². The molecule has 0 spiro atoms. The zero-order valence-corrected chi connectivity index (χ0v) is 10.0. The normalized spacial score (nSPS) is 15.9. The number of nitrogens with zero attached hydrogens (tertiary/aromatic N) is 2. The van der Waals surface area contributed by atoms with E-state index in [1.807, 2.05) is 11.6 Å². The summed E-state index contributed by atoms with van der Waals surface area (Å²) >= 11 is 0. The van der Waals surface area contributed by atoms with Gasteiger partial charge in [-0.2, -0.15) is 5.10 Å². The zero-order chi connectivity index (χ0) is 11.5. The number of aromatic nitrogens is 2. The smallest absolute Gasteiger partial charge is 0.148 e. The van der Waals surface area contributed by atoms with E-state index in [9.17, 15) is 0 Å². The molecule has 0 atom stereocenters. The van der Waals surface area contributed by atoms with Gasteiger partial charge in [-0.15, -0.1) is 0 Å². The van der Waals surface area contributed by atoms with Crippen molar-refractivity contribution in [3.63, 3.8) is 0 Å². The summed E-state index contributed by atoms with van der Waals surface area (Å²) in [6.07, 6.45) is 7.65. The van der Waals surface area contributed by atoms with Gasteiger partial charge in [0.25, 0.3) is 0 Å². The largest absolute Gasteiger partial charge is 0.394 e. The molecule has 2 rings (SSSR count). The summed E-state index contributed by atoms with van der Waals surface area (Å²) in [5, 5.41) is 7.95. The SMILES string of the molecule is CCCn1nc(C)c(N)c1NC1CC=CC1. The first-order valence-electron chi connectivity index (χ1n) is 5.96. The second-order valence-electron chi connectivity index (χ2n) is 4.35. The predicted octanol–water partition coefficient (Wildman–Crippen LogP) is 2.31. The molecule has 1 aromatic rings. The number of anilines is 2. The third-order valence-corrected chi connectivity index (χ3v) is 2.96. The van der Waals surface area contributed by atoms with E-state index < -0.39 is 0 Å². The fraction of sp³-hybridized carbons (Fsp3) is 0.583. The third kappa shape index (κ3) is 2.05. The molecule has 0 amide bonds. The number of hydrogen-bond acceptors (Lipinski definition) is 3. The van der Waals surface area contributed by atoms with Crippen LogP contribution in [0.1, 0.15) is 31.9 Å². The van der Waals surface area contributed by atoms with Crippen molar-refractivity contribution < 1.29 is 0 Å². The molecule has 4 heteroatoms. The van der Waals surface area contributed by atoms with Gasteiger partial charge in [0.15, 0.2) is 0 Å². The lowest BCUT2D eigenvalue weighted by molar-refractivity contribution is 0.597. The second kappa shape index (κ2) is 4.60. The molecule has 0 unspecified atom stereocenters. The van der Waals surface area contributed by atoms with E-state index in [1.54, 1.807) is 0 Å². The molecule has 1 aromatic heterocycles. The van der Waals surface area contributed by atoms with Crippen molar-refractivity contribution in [1.29, 1.82) is 0 Å². The summed E-state index contributed by atoms with van der Waals surface area (Å²) in [6, 6.07) is 0.481. The summed E-state index contributed by atoms with van der Waals surface area (Å²) in [5.74, 6) is 0.994. The monoisotopic (exact) mass is 220 g/mol. The molecule has 0 aliphatic heterocycles. The fourth-order valence-electron chi connectivity index (χ4n) is 2.05. The number of hydrogen-bond donors (Lipinski definition) is 2. The highest BCUT2D eigenvalue weighted by atomic mass is 15.3. The highest BCUT2D eigenvalue weighted by molar-refractivity contribution is 5.65. The Morgan fingerprint density at radius 1 is 1.50 bits per heavy atom. The molecule has 0 radical (unpaired) electrons. The van der Waals surface area contributed by atoms with Crippen LogP contribution in [-0.4, -0.2) is 15.8 Å². The van der Waals surface area contributed by atoms with Crippen LogP contribution in [0.3, 0.4) is 0 Å². The number of rotatable bonds is 4. The van der Waals surface area contributed by atoms with Gasteiger partial charge < -0.3 is 11.1 Å². The molecule has 3 N–H and O–H groups in total. The molecular weight excluding hydrogens is 200 g/mol. The van der Waals surface area contributed by atoms with Crippen LogP contribution in [0.5, 0.6) is 0 Å². The Balaban J connectivity index is 2.16. The quantitative estimate of drug-likeness (QED) is 0.766. The van der Waals surface area contributed by atoms with Crippen LogP contribution in [0.4, 0.5) is 11.5 Å². The zero-order valence-electron chi connectivity index (χ0n) is 10.0. The molecule has 0 aromatic carbocycles. The number of aryl methyl sites for hydroxylation is 2. The van der Waals surface area contributed by atoms with Gasteiger partial charge in [0.2, 0.25) is 0 Å². The first-order valence-corrected chi connectivity index (χ1v) is 5.96. The molecule has 0 saturated heterocycles. The van der Waals surface area contributed by atoms with Gasteiger partial charge in [0.05, 0.1) is 11.4 Å². The van der Waals surface area contributed by atoms with Crippen molar-refractivity contribution in [2.24, 2.45) is 0 Å². The average Bonchev–Trinajstić information content (AvgIpc) is 2.84. The summed E-state index contributed by atoms with van der Waals surface area (Å²) in [6.45, 7) is 5.02. The summed E-state index contributed by atoms with van der Waals surface area (Å²) in [4.78, 5) is 0. The lowest BCUT2D eigenvalue weighted by atomic mass is 10.2. The van der Waals surface area contributed by atoms with Crippen LogP contribution in [0, 0.1) is 6.92 Å². The van der Waals surface area contributed by atoms with Crippen LogP contribution in [0.2, 0.25) is 0 Å². The van der Waals surface area contributed by atoms with Gasteiger partial charge in [-0.3, -0.25) is 0 Å². The Hall–Kier alpha value is -1.45. The lowest BCUT2D eigenvalue weighted by Crippen LogP contribution is -2.19. The molecular formula is C12H20N4. The Morgan fingerprint density at radius 2 is 2.19 bits per heavy atom. The van der Waals surface area contributed by atoms with Gasteiger partial charge >= 0.3 is 0 Å². The molecule has 88 valence electrons. The van der Waals surface area contributed by atoms with Crippen LogP contribution in [-0.2, 0) is 6.54 Å². The molecule has 16 heavy (non-hydrogen) atoms. The van der Waals surface area contributed by atoms with E-state index in [0.717, 1.165) is 43.0 Å². The van der Waals surface area contributed by atoms with E-state index in [-0.39, 0.29) is 0 Å². The summed E-state index contributed by atoms with van der Waals surface area (Å²) in [7, 11) is 0. The molecule has 1 aliphatic rings. The average molecular weight is 220 g/mol. The molecule has 0 saturated carbocycles. The minimum Gasteiger partial charge on any atom is -0.394 e. The van der Waals surface area contributed by atoms with Crippen molar-refractivity contribution >= 4 is 11.5 Å². The molecule has 0 bridgehead atoms. The Labute approximate surface area is 96.5 Å². The van der Waals surface area contributed by atoms with Crippen LogP contribution in [0.15, 0.2) is 12.2 Å². The number of nitrogens with two attached hydrogens (primary N) is 1. The highest BCUT2D eigenvalue weighted by Crippen LogP contribution is 2.25. The predicted molar refractivity (Wildman–Crippen MR) is 67.5 cm³/mol. The van der Waals surface area contributed by atoms with Gasteiger partial charge in [-0.25, -0.2) is 4.68 Å². The summed E-state index contributed by atoms with van der Waals surface area (Å²) in [5.41, 5.74) is 7.76. The summed E-state index contributed by atoms with van der Waals surface area (Å²) < 4.78 is 1.99. The maximum atomic E-state index is 6.05. The fourth-order valence-corrected chi connectivity index (χ4v) is 2.05. The van der Waals surface area contributed by atoms with Gasteiger partial charge in [-0.05, 0) is 26.2 Å². The Bertz CT molecular complexity index is 384. The van der Waals surface area contributed by atoms with Crippen molar-refractivity contribution in [2.75, 3.05) is 11.1 Å². The minimum absolute atomic E-state index is 0.481. The van der Waals surface area contributed by atoms with Crippen molar-refractivity contribution in [2.45, 2.75) is 45.7 Å². The molecule has 0 fully saturated rings. The van der Waals surface area contributed by atoms with Crippen molar-refractivity contribution in [1.82, 2.24) is 9.78 Å². The van der Waals surface area contributed by atoms with E-state index in [1.165, 1.54) is 0 Å². The first kappa shape index (κ1) is 11.0. The van der Waals surface area contributed by atoms with Crippen LogP contribution in [0.25, 0.3) is 0 Å². The lowest BCUT2D eigenvalue weighted by Gasteiger charge is -2.15. The van der Waals surface area contributed by atoms with Gasteiger partial charge in [0.1, 0.15) is 5.82 Å². The van der Waals surface area contributed by atoms with Crippen LogP contribution >= 0.6 is 0 Å². The highest BCUT2D eigenvalue weighted by Gasteiger charge is 2.16. The maximum Gasteiger partial charge on any atom is 0.148 e. The van der Waals surface area contributed by atoms with E-state index >= 15 is 0 Å². The standard InChI is InChI=1S/C12H20N4/c1-3-8-16-12(11(13)9(2)15-16)14-10-6-4-5-7-10/h4-5,10,14H,3,6-8,13H2,1-2H3. The third-order valence-electron chi connectivity index (χ3n) is 2.96. The van der Waals surface area contributed by atoms with E-state index in [2.05, 4.69) is 29.5 Å². The van der Waals surface area contributed by atoms with Crippen molar-refractivity contribution in [3.8, 4) is 0 Å². The Morgan fingerprint density at radius 3 is 2.81 bits per heavy atom. The molecule has 1 aliphatic carbocycles. The van der Waals surface area contributed by atoms with Crippen molar-refractivity contribution in [3.05, 3.63) is 17.8 Å².